The Morgan fingerprint density at radius 2 is 2.07 bits per heavy atom. The third kappa shape index (κ3) is 6.13. The number of hydrogen-bond acceptors (Lipinski definition) is 3. The zero-order chi connectivity index (χ0) is 10.9. The number of likely N-dealkylation sites (tertiary alicyclic amines) is 1. The predicted octanol–water partition coefficient (Wildman–Crippen LogP) is 1.49. The maximum atomic E-state index is 5.35. The summed E-state index contributed by atoms with van der Waals surface area (Å²) in [5, 5.41) is 3.49. The largest absolute Gasteiger partial charge is 0.380 e. The van der Waals surface area contributed by atoms with Crippen LogP contribution in [0.5, 0.6) is 0 Å². The smallest absolute Gasteiger partial charge is 0.0616 e. The average molecular weight is 214 g/mol. The Kier molecular flexibility index (Phi) is 6.98. The van der Waals surface area contributed by atoms with Crippen LogP contribution in [0, 0.1) is 0 Å². The lowest BCUT2D eigenvalue weighted by molar-refractivity contribution is 0.127. The van der Waals surface area contributed by atoms with Gasteiger partial charge in [0.15, 0.2) is 0 Å². The SMILES string of the molecule is CCOCC(C)NCCCN1CCCC1. The highest BCUT2D eigenvalue weighted by Gasteiger charge is 2.10. The van der Waals surface area contributed by atoms with Crippen molar-refractivity contribution >= 4 is 0 Å². The third-order valence-electron chi connectivity index (χ3n) is 2.91. The highest BCUT2D eigenvalue weighted by atomic mass is 16.5. The van der Waals surface area contributed by atoms with Crippen LogP contribution < -0.4 is 5.32 Å². The van der Waals surface area contributed by atoms with Gasteiger partial charge in [-0.1, -0.05) is 0 Å². The van der Waals surface area contributed by atoms with Gasteiger partial charge in [-0.15, -0.1) is 0 Å². The molecule has 3 nitrogen and oxygen atoms in total. The average Bonchev–Trinajstić information content (AvgIpc) is 2.74. The van der Waals surface area contributed by atoms with Gasteiger partial charge in [0.1, 0.15) is 0 Å². The molecule has 0 amide bonds. The van der Waals surface area contributed by atoms with Crippen LogP contribution in [0.15, 0.2) is 0 Å². The van der Waals surface area contributed by atoms with E-state index in [1.165, 1.54) is 38.9 Å². The monoisotopic (exact) mass is 214 g/mol. The molecule has 1 heterocycles. The first-order valence-corrected chi connectivity index (χ1v) is 6.36. The van der Waals surface area contributed by atoms with E-state index in [1.807, 2.05) is 6.92 Å². The Morgan fingerprint density at radius 1 is 1.33 bits per heavy atom. The zero-order valence-electron chi connectivity index (χ0n) is 10.3. The summed E-state index contributed by atoms with van der Waals surface area (Å²) in [6.07, 6.45) is 4.05. The second kappa shape index (κ2) is 8.08. The van der Waals surface area contributed by atoms with Crippen molar-refractivity contribution in [1.29, 1.82) is 0 Å². The Bertz CT molecular complexity index is 147. The van der Waals surface area contributed by atoms with E-state index in [0.29, 0.717) is 6.04 Å². The van der Waals surface area contributed by atoms with Gasteiger partial charge in [-0.3, -0.25) is 0 Å². The first kappa shape index (κ1) is 12.9. The summed E-state index contributed by atoms with van der Waals surface area (Å²) in [6.45, 7) is 10.9. The van der Waals surface area contributed by atoms with E-state index in [4.69, 9.17) is 4.74 Å². The lowest BCUT2D eigenvalue weighted by Crippen LogP contribution is -2.33. The van der Waals surface area contributed by atoms with Crippen molar-refractivity contribution < 1.29 is 4.74 Å². The molecule has 0 spiro atoms. The van der Waals surface area contributed by atoms with Crippen molar-refractivity contribution in [2.45, 2.75) is 39.2 Å². The van der Waals surface area contributed by atoms with Crippen molar-refractivity contribution in [2.24, 2.45) is 0 Å². The molecule has 1 unspecified atom stereocenters. The van der Waals surface area contributed by atoms with Crippen LogP contribution >= 0.6 is 0 Å². The zero-order valence-corrected chi connectivity index (χ0v) is 10.3. The Labute approximate surface area is 94.2 Å². The van der Waals surface area contributed by atoms with Crippen LogP contribution in [0.3, 0.4) is 0 Å². The number of rotatable bonds is 8. The van der Waals surface area contributed by atoms with Gasteiger partial charge in [0.2, 0.25) is 0 Å². The maximum Gasteiger partial charge on any atom is 0.0616 e. The lowest BCUT2D eigenvalue weighted by Gasteiger charge is -2.16. The molecule has 0 aromatic carbocycles. The highest BCUT2D eigenvalue weighted by molar-refractivity contribution is 4.67. The normalized spacial score (nSPS) is 19.6. The van der Waals surface area contributed by atoms with Gasteiger partial charge in [-0.2, -0.15) is 0 Å². The topological polar surface area (TPSA) is 24.5 Å². The lowest BCUT2D eigenvalue weighted by atomic mass is 10.3. The van der Waals surface area contributed by atoms with Gasteiger partial charge >= 0.3 is 0 Å². The summed E-state index contributed by atoms with van der Waals surface area (Å²) in [4.78, 5) is 2.56. The van der Waals surface area contributed by atoms with Gasteiger partial charge < -0.3 is 15.0 Å². The van der Waals surface area contributed by atoms with E-state index in [1.54, 1.807) is 0 Å². The minimum Gasteiger partial charge on any atom is -0.380 e. The van der Waals surface area contributed by atoms with Crippen LogP contribution in [-0.2, 0) is 4.74 Å². The molecular formula is C12H26N2O. The molecule has 1 aliphatic heterocycles. The van der Waals surface area contributed by atoms with Gasteiger partial charge in [-0.25, -0.2) is 0 Å². The fraction of sp³-hybridized carbons (Fsp3) is 1.00. The Balaban J connectivity index is 1.87. The Hall–Kier alpha value is -0.120. The molecule has 15 heavy (non-hydrogen) atoms. The van der Waals surface area contributed by atoms with E-state index in [-0.39, 0.29) is 0 Å². The van der Waals surface area contributed by atoms with E-state index < -0.39 is 0 Å². The van der Waals surface area contributed by atoms with Gasteiger partial charge in [0, 0.05) is 12.6 Å². The molecule has 1 fully saturated rings. The van der Waals surface area contributed by atoms with E-state index in [9.17, 15) is 0 Å². The van der Waals surface area contributed by atoms with Crippen LogP contribution in [0.1, 0.15) is 33.1 Å². The molecular weight excluding hydrogens is 188 g/mol. The van der Waals surface area contributed by atoms with E-state index >= 15 is 0 Å². The predicted molar refractivity (Wildman–Crippen MR) is 64.2 cm³/mol. The van der Waals surface area contributed by atoms with Crippen LogP contribution in [0.25, 0.3) is 0 Å². The molecule has 0 radical (unpaired) electrons. The molecule has 1 atom stereocenters. The highest BCUT2D eigenvalue weighted by Crippen LogP contribution is 2.06. The molecule has 1 saturated heterocycles. The fourth-order valence-corrected chi connectivity index (χ4v) is 2.01. The van der Waals surface area contributed by atoms with Gasteiger partial charge in [0.05, 0.1) is 6.61 Å². The van der Waals surface area contributed by atoms with Crippen LogP contribution in [0.4, 0.5) is 0 Å². The maximum absolute atomic E-state index is 5.35. The summed E-state index contributed by atoms with van der Waals surface area (Å²) in [5.74, 6) is 0. The minimum absolute atomic E-state index is 0.489. The molecule has 0 aromatic heterocycles. The molecule has 1 rings (SSSR count). The minimum atomic E-state index is 0.489. The number of nitrogens with zero attached hydrogens (tertiary/aromatic N) is 1. The third-order valence-corrected chi connectivity index (χ3v) is 2.91. The van der Waals surface area contributed by atoms with Crippen molar-refractivity contribution in [3.63, 3.8) is 0 Å². The van der Waals surface area contributed by atoms with Crippen molar-refractivity contribution in [1.82, 2.24) is 10.2 Å². The molecule has 90 valence electrons. The fourth-order valence-electron chi connectivity index (χ4n) is 2.01. The Morgan fingerprint density at radius 3 is 2.73 bits per heavy atom. The van der Waals surface area contributed by atoms with Gasteiger partial charge in [-0.05, 0) is 59.3 Å². The first-order valence-electron chi connectivity index (χ1n) is 6.36. The molecule has 3 heteroatoms. The molecule has 0 bridgehead atoms. The van der Waals surface area contributed by atoms with Crippen LogP contribution in [-0.4, -0.2) is 50.3 Å². The molecule has 0 aromatic rings. The standard InChI is InChI=1S/C12H26N2O/c1-3-15-11-12(2)13-7-6-10-14-8-4-5-9-14/h12-13H,3-11H2,1-2H3. The molecule has 0 saturated carbocycles. The quantitative estimate of drug-likeness (QED) is 0.620. The van der Waals surface area contributed by atoms with Gasteiger partial charge in [0.25, 0.3) is 0 Å². The molecule has 1 aliphatic rings. The van der Waals surface area contributed by atoms with E-state index in [0.717, 1.165) is 19.8 Å². The summed E-state index contributed by atoms with van der Waals surface area (Å²) in [7, 11) is 0. The second-order valence-electron chi connectivity index (χ2n) is 4.42. The first-order chi connectivity index (χ1) is 7.33. The molecule has 1 N–H and O–H groups in total. The summed E-state index contributed by atoms with van der Waals surface area (Å²) < 4.78 is 5.35. The van der Waals surface area contributed by atoms with Crippen molar-refractivity contribution in [3.8, 4) is 0 Å². The summed E-state index contributed by atoms with van der Waals surface area (Å²) in [5.41, 5.74) is 0. The summed E-state index contributed by atoms with van der Waals surface area (Å²) in [6, 6.07) is 0.489. The number of ether oxygens (including phenoxy) is 1. The van der Waals surface area contributed by atoms with Crippen molar-refractivity contribution in [3.05, 3.63) is 0 Å². The number of hydrogen-bond donors (Lipinski definition) is 1. The van der Waals surface area contributed by atoms with E-state index in [2.05, 4.69) is 17.1 Å². The molecule has 0 aliphatic carbocycles. The second-order valence-corrected chi connectivity index (χ2v) is 4.42. The van der Waals surface area contributed by atoms with Crippen LogP contribution in [0.2, 0.25) is 0 Å². The summed E-state index contributed by atoms with van der Waals surface area (Å²) >= 11 is 0. The van der Waals surface area contributed by atoms with Crippen molar-refractivity contribution in [2.75, 3.05) is 39.4 Å². The number of nitrogens with one attached hydrogen (secondary N) is 1.